The average molecular weight is 257 g/mol. The van der Waals surface area contributed by atoms with E-state index in [1.54, 1.807) is 12.1 Å². The van der Waals surface area contributed by atoms with E-state index >= 15 is 0 Å². The number of benzene rings is 1. The van der Waals surface area contributed by atoms with Crippen molar-refractivity contribution in [1.29, 1.82) is 0 Å². The van der Waals surface area contributed by atoms with Gasteiger partial charge in [0.15, 0.2) is 0 Å². The van der Waals surface area contributed by atoms with Crippen molar-refractivity contribution in [3.63, 3.8) is 0 Å². The molecule has 76 valence electrons. The fraction of sp³-hybridized carbons (Fsp3) is 0.500. The summed E-state index contributed by atoms with van der Waals surface area (Å²) in [6, 6.07) is 5.38. The number of hydrogen-bond donors (Lipinski definition) is 0. The van der Waals surface area contributed by atoms with Crippen LogP contribution in [-0.4, -0.2) is 0 Å². The van der Waals surface area contributed by atoms with Crippen LogP contribution in [-0.2, 0) is 6.42 Å². The largest absolute Gasteiger partial charge is 0.207 e. The van der Waals surface area contributed by atoms with Crippen LogP contribution in [0.4, 0.5) is 4.39 Å². The minimum absolute atomic E-state index is 0.0503. The van der Waals surface area contributed by atoms with Gasteiger partial charge in [-0.05, 0) is 35.4 Å². The molecule has 1 aromatic rings. The molecule has 1 aliphatic rings. The second-order valence-electron chi connectivity index (χ2n) is 4.25. The lowest BCUT2D eigenvalue weighted by molar-refractivity contribution is 0.351. The van der Waals surface area contributed by atoms with Gasteiger partial charge in [-0.3, -0.25) is 0 Å². The Balaban J connectivity index is 2.50. The maximum Gasteiger partial charge on any atom is 0.126 e. The molecule has 0 saturated heterocycles. The third-order valence-electron chi connectivity index (χ3n) is 3.34. The van der Waals surface area contributed by atoms with Crippen LogP contribution in [0.25, 0.3) is 0 Å². The zero-order chi connectivity index (χ0) is 10.3. The highest BCUT2D eigenvalue weighted by Crippen LogP contribution is 2.43. The molecular formula is C12H14BrF. The van der Waals surface area contributed by atoms with E-state index in [4.69, 9.17) is 0 Å². The van der Waals surface area contributed by atoms with Crippen molar-refractivity contribution < 1.29 is 4.39 Å². The van der Waals surface area contributed by atoms with Crippen LogP contribution in [0.1, 0.15) is 29.8 Å². The number of rotatable bonds is 0. The zero-order valence-corrected chi connectivity index (χ0v) is 10.0. The third-order valence-corrected chi connectivity index (χ3v) is 4.66. The van der Waals surface area contributed by atoms with Crippen molar-refractivity contribution in [2.75, 3.05) is 0 Å². The molecule has 0 aromatic heterocycles. The third kappa shape index (κ3) is 1.50. The van der Waals surface area contributed by atoms with Crippen LogP contribution in [0.3, 0.4) is 0 Å². The van der Waals surface area contributed by atoms with Gasteiger partial charge in [0.05, 0.1) is 0 Å². The van der Waals surface area contributed by atoms with E-state index in [-0.39, 0.29) is 5.82 Å². The van der Waals surface area contributed by atoms with Crippen molar-refractivity contribution in [1.82, 2.24) is 0 Å². The summed E-state index contributed by atoms with van der Waals surface area (Å²) in [6.45, 7) is 4.41. The van der Waals surface area contributed by atoms with Gasteiger partial charge in [-0.15, -0.1) is 0 Å². The van der Waals surface area contributed by atoms with Crippen LogP contribution >= 0.6 is 15.9 Å². The lowest BCUT2D eigenvalue weighted by atomic mass is 9.77. The summed E-state index contributed by atoms with van der Waals surface area (Å²) in [5.41, 5.74) is 2.04. The first kappa shape index (κ1) is 10.2. The van der Waals surface area contributed by atoms with Gasteiger partial charge >= 0.3 is 0 Å². The van der Waals surface area contributed by atoms with Crippen molar-refractivity contribution in [3.05, 3.63) is 35.1 Å². The van der Waals surface area contributed by atoms with E-state index in [9.17, 15) is 4.39 Å². The highest BCUT2D eigenvalue weighted by molar-refractivity contribution is 9.09. The van der Waals surface area contributed by atoms with Gasteiger partial charge in [0, 0.05) is 4.83 Å². The Labute approximate surface area is 92.6 Å². The first-order chi connectivity index (χ1) is 6.61. The van der Waals surface area contributed by atoms with E-state index in [0.29, 0.717) is 16.7 Å². The molecule has 1 aromatic carbocycles. The molecule has 0 N–H and O–H groups in total. The molecule has 0 amide bonds. The SMILES string of the molecule is CC1Cc2c(F)cccc2C(Br)C1C. The molecule has 14 heavy (non-hydrogen) atoms. The Bertz CT molecular complexity index is 348. The molecule has 0 radical (unpaired) electrons. The predicted molar refractivity (Wildman–Crippen MR) is 60.1 cm³/mol. The lowest BCUT2D eigenvalue weighted by Crippen LogP contribution is -2.23. The summed E-state index contributed by atoms with van der Waals surface area (Å²) in [5, 5.41) is 0. The highest BCUT2D eigenvalue weighted by Gasteiger charge is 2.30. The van der Waals surface area contributed by atoms with Crippen molar-refractivity contribution in [3.8, 4) is 0 Å². The van der Waals surface area contributed by atoms with Crippen molar-refractivity contribution in [2.45, 2.75) is 25.1 Å². The van der Waals surface area contributed by atoms with Crippen molar-refractivity contribution >= 4 is 15.9 Å². The van der Waals surface area contributed by atoms with E-state index in [2.05, 4.69) is 29.8 Å². The van der Waals surface area contributed by atoms with Gasteiger partial charge in [-0.2, -0.15) is 0 Å². The molecule has 0 saturated carbocycles. The Morgan fingerprint density at radius 3 is 2.79 bits per heavy atom. The van der Waals surface area contributed by atoms with Crippen LogP contribution in [0, 0.1) is 17.7 Å². The molecule has 0 nitrogen and oxygen atoms in total. The molecule has 0 fully saturated rings. The topological polar surface area (TPSA) is 0 Å². The van der Waals surface area contributed by atoms with Gasteiger partial charge in [-0.1, -0.05) is 41.9 Å². The lowest BCUT2D eigenvalue weighted by Gasteiger charge is -2.32. The maximum atomic E-state index is 13.5. The van der Waals surface area contributed by atoms with Gasteiger partial charge in [0.2, 0.25) is 0 Å². The second-order valence-corrected chi connectivity index (χ2v) is 5.24. The Morgan fingerprint density at radius 2 is 2.07 bits per heavy atom. The summed E-state index contributed by atoms with van der Waals surface area (Å²) in [5.74, 6) is 1.07. The van der Waals surface area contributed by atoms with E-state index < -0.39 is 0 Å². The molecule has 1 aliphatic carbocycles. The standard InChI is InChI=1S/C12H14BrF/c1-7-6-10-9(12(13)8(7)2)4-3-5-11(10)14/h3-5,7-8,12H,6H2,1-2H3. The minimum atomic E-state index is -0.0503. The Morgan fingerprint density at radius 1 is 1.36 bits per heavy atom. The average Bonchev–Trinajstić information content (AvgIpc) is 2.17. The predicted octanol–water partition coefficient (Wildman–Crippen LogP) is 4.09. The van der Waals surface area contributed by atoms with Crippen LogP contribution < -0.4 is 0 Å². The molecule has 2 heteroatoms. The summed E-state index contributed by atoms with van der Waals surface area (Å²) in [6.07, 6.45) is 0.866. The summed E-state index contributed by atoms with van der Waals surface area (Å²) < 4.78 is 13.5. The monoisotopic (exact) mass is 256 g/mol. The van der Waals surface area contributed by atoms with Crippen LogP contribution in [0.2, 0.25) is 0 Å². The van der Waals surface area contributed by atoms with Gasteiger partial charge in [-0.25, -0.2) is 4.39 Å². The molecule has 0 spiro atoms. The Hall–Kier alpha value is -0.370. The second kappa shape index (κ2) is 3.65. The number of hydrogen-bond acceptors (Lipinski definition) is 0. The molecule has 0 heterocycles. The number of alkyl halides is 1. The van der Waals surface area contributed by atoms with Gasteiger partial charge in [0.25, 0.3) is 0 Å². The first-order valence-electron chi connectivity index (χ1n) is 5.02. The van der Waals surface area contributed by atoms with Crippen molar-refractivity contribution in [2.24, 2.45) is 11.8 Å². The zero-order valence-electron chi connectivity index (χ0n) is 8.43. The molecular weight excluding hydrogens is 243 g/mol. The first-order valence-corrected chi connectivity index (χ1v) is 5.94. The number of halogens is 2. The number of fused-ring (bicyclic) bond motifs is 1. The highest BCUT2D eigenvalue weighted by atomic mass is 79.9. The maximum absolute atomic E-state index is 13.5. The van der Waals surface area contributed by atoms with E-state index in [1.165, 1.54) is 0 Å². The van der Waals surface area contributed by atoms with Crippen LogP contribution in [0.15, 0.2) is 18.2 Å². The summed E-state index contributed by atoms with van der Waals surface area (Å²) >= 11 is 3.66. The quantitative estimate of drug-likeness (QED) is 0.614. The minimum Gasteiger partial charge on any atom is -0.207 e. The fourth-order valence-corrected chi connectivity index (χ4v) is 3.08. The van der Waals surface area contributed by atoms with Crippen LogP contribution in [0.5, 0.6) is 0 Å². The fourth-order valence-electron chi connectivity index (χ4n) is 2.13. The summed E-state index contributed by atoms with van der Waals surface area (Å²) in [4.78, 5) is 0.303. The normalized spacial score (nSPS) is 31.3. The Kier molecular flexibility index (Phi) is 2.65. The van der Waals surface area contributed by atoms with Gasteiger partial charge < -0.3 is 0 Å². The molecule has 3 unspecified atom stereocenters. The smallest absolute Gasteiger partial charge is 0.126 e. The van der Waals surface area contributed by atoms with Gasteiger partial charge in [0.1, 0.15) is 5.82 Å². The summed E-state index contributed by atoms with van der Waals surface area (Å²) in [7, 11) is 0. The molecule has 2 rings (SSSR count). The van der Waals surface area contributed by atoms with E-state index in [1.807, 2.05) is 6.07 Å². The molecule has 3 atom stereocenters. The molecule has 0 bridgehead atoms. The molecule has 0 aliphatic heterocycles. The van der Waals surface area contributed by atoms with E-state index in [0.717, 1.165) is 17.5 Å².